The fourth-order valence-electron chi connectivity index (χ4n) is 2.56. The summed E-state index contributed by atoms with van der Waals surface area (Å²) in [5.74, 6) is -3.84. The van der Waals surface area contributed by atoms with Gasteiger partial charge < -0.3 is 37.0 Å². The lowest BCUT2D eigenvalue weighted by molar-refractivity contribution is -0.146. The van der Waals surface area contributed by atoms with Crippen LogP contribution >= 0.6 is 0 Å². The first-order valence-corrected chi connectivity index (χ1v) is 9.94. The van der Waals surface area contributed by atoms with E-state index in [-0.39, 0.29) is 18.3 Å². The zero-order valence-electron chi connectivity index (χ0n) is 18.4. The smallest absolute Gasteiger partial charge is 0.328 e. The van der Waals surface area contributed by atoms with Gasteiger partial charge in [-0.3, -0.25) is 14.4 Å². The van der Waals surface area contributed by atoms with E-state index in [1.807, 2.05) is 13.8 Å². The first-order chi connectivity index (χ1) is 13.7. The number of aliphatic hydroxyl groups is 2. The molecule has 0 aromatic rings. The highest BCUT2D eigenvalue weighted by Gasteiger charge is 2.34. The largest absolute Gasteiger partial charge is 0.480 e. The molecule has 11 heteroatoms. The van der Waals surface area contributed by atoms with Crippen molar-refractivity contribution in [3.8, 4) is 0 Å². The van der Waals surface area contributed by atoms with Crippen LogP contribution in [0.1, 0.15) is 48.0 Å². The Hall–Kier alpha value is -2.24. The molecule has 0 heterocycles. The van der Waals surface area contributed by atoms with Gasteiger partial charge in [0.25, 0.3) is 0 Å². The topological polar surface area (TPSA) is 191 Å². The average molecular weight is 433 g/mol. The lowest BCUT2D eigenvalue weighted by Gasteiger charge is -2.28. The Morgan fingerprint density at radius 2 is 1.23 bits per heavy atom. The lowest BCUT2D eigenvalue weighted by atomic mass is 10.00. The van der Waals surface area contributed by atoms with Gasteiger partial charge in [-0.05, 0) is 32.1 Å². The van der Waals surface area contributed by atoms with E-state index in [9.17, 15) is 29.4 Å². The number of hydrogen-bond donors (Lipinski definition) is 7. The molecule has 8 N–H and O–H groups in total. The number of rotatable bonds is 12. The summed E-state index contributed by atoms with van der Waals surface area (Å²) in [6.07, 6.45) is -2.52. The molecule has 0 rings (SSSR count). The van der Waals surface area contributed by atoms with Gasteiger partial charge in [0, 0.05) is 0 Å². The minimum Gasteiger partial charge on any atom is -0.480 e. The summed E-state index contributed by atoms with van der Waals surface area (Å²) >= 11 is 0. The Kier molecular flexibility index (Phi) is 11.5. The van der Waals surface area contributed by atoms with Gasteiger partial charge in [0.05, 0.1) is 18.2 Å². The highest BCUT2D eigenvalue weighted by Crippen LogP contribution is 2.08. The van der Waals surface area contributed by atoms with E-state index in [2.05, 4.69) is 16.0 Å². The lowest BCUT2D eigenvalue weighted by Crippen LogP contribution is -2.61. The van der Waals surface area contributed by atoms with Crippen LogP contribution in [0.3, 0.4) is 0 Å². The molecule has 3 amide bonds. The van der Waals surface area contributed by atoms with Gasteiger partial charge >= 0.3 is 5.97 Å². The number of nitrogens with one attached hydrogen (secondary N) is 3. The molecule has 0 saturated heterocycles. The molecular formula is C19H36N4O7. The van der Waals surface area contributed by atoms with Crippen molar-refractivity contribution >= 4 is 23.7 Å². The van der Waals surface area contributed by atoms with Gasteiger partial charge in [-0.1, -0.05) is 27.7 Å². The predicted molar refractivity (Wildman–Crippen MR) is 109 cm³/mol. The number of hydrogen-bond acceptors (Lipinski definition) is 7. The van der Waals surface area contributed by atoms with Crippen molar-refractivity contribution in [2.75, 3.05) is 0 Å². The molecule has 0 aliphatic carbocycles. The average Bonchev–Trinajstić information content (AvgIpc) is 2.60. The van der Waals surface area contributed by atoms with E-state index in [1.54, 1.807) is 13.8 Å². The fraction of sp³-hybridized carbons (Fsp3) is 0.789. The number of nitrogens with two attached hydrogens (primary N) is 1. The standard InChI is InChI=1S/C19H36N4O7/c1-8(2)7-12(21-17(27)13(20)9(3)4)16(26)22-14(10(5)24)18(28)23-15(11(6)25)19(29)30/h8-15,24-25H,7,20H2,1-6H3,(H,21,27)(H,22,26)(H,23,28)(H,29,30). The van der Waals surface area contributed by atoms with Gasteiger partial charge in [-0.15, -0.1) is 0 Å². The molecular weight excluding hydrogens is 396 g/mol. The van der Waals surface area contributed by atoms with E-state index in [0.29, 0.717) is 0 Å². The highest BCUT2D eigenvalue weighted by molar-refractivity contribution is 5.94. The third kappa shape index (κ3) is 9.06. The molecule has 6 unspecified atom stereocenters. The number of aliphatic hydroxyl groups excluding tert-OH is 2. The van der Waals surface area contributed by atoms with E-state index in [4.69, 9.17) is 10.8 Å². The molecule has 0 aromatic carbocycles. The Balaban J connectivity index is 5.44. The number of carboxylic acids is 1. The Morgan fingerprint density at radius 1 is 0.767 bits per heavy atom. The number of amides is 3. The SMILES string of the molecule is CC(C)CC(NC(=O)C(N)C(C)C)C(=O)NC(C(=O)NC(C(=O)O)C(C)O)C(C)O. The summed E-state index contributed by atoms with van der Waals surface area (Å²) in [6, 6.07) is -4.96. The normalized spacial score (nSPS) is 17.4. The van der Waals surface area contributed by atoms with Crippen LogP contribution < -0.4 is 21.7 Å². The van der Waals surface area contributed by atoms with Crippen LogP contribution in [0, 0.1) is 11.8 Å². The molecule has 0 aliphatic rings. The third-order valence-corrected chi connectivity index (χ3v) is 4.47. The third-order valence-electron chi connectivity index (χ3n) is 4.47. The Morgan fingerprint density at radius 3 is 1.60 bits per heavy atom. The first kappa shape index (κ1) is 27.8. The number of carbonyl (C=O) groups is 4. The molecule has 0 radical (unpaired) electrons. The molecule has 0 bridgehead atoms. The number of aliphatic carboxylic acids is 1. The van der Waals surface area contributed by atoms with Crippen molar-refractivity contribution in [3.63, 3.8) is 0 Å². The van der Waals surface area contributed by atoms with Crippen molar-refractivity contribution < 1.29 is 34.5 Å². The van der Waals surface area contributed by atoms with Crippen LogP contribution in [0.4, 0.5) is 0 Å². The van der Waals surface area contributed by atoms with Crippen molar-refractivity contribution in [1.82, 2.24) is 16.0 Å². The molecule has 6 atom stereocenters. The fourth-order valence-corrected chi connectivity index (χ4v) is 2.56. The van der Waals surface area contributed by atoms with E-state index in [1.165, 1.54) is 13.8 Å². The summed E-state index contributed by atoms with van der Waals surface area (Å²) in [6.45, 7) is 9.63. The van der Waals surface area contributed by atoms with Gasteiger partial charge in [-0.2, -0.15) is 0 Å². The van der Waals surface area contributed by atoms with E-state index in [0.717, 1.165) is 0 Å². The number of carbonyl (C=O) groups excluding carboxylic acids is 3. The summed E-state index contributed by atoms with van der Waals surface area (Å²) in [5, 5.41) is 35.5. The quantitative estimate of drug-likeness (QED) is 0.190. The molecule has 0 spiro atoms. The maximum absolute atomic E-state index is 12.8. The Labute approximate surface area is 176 Å². The maximum Gasteiger partial charge on any atom is 0.328 e. The minimum atomic E-state index is -1.62. The zero-order valence-corrected chi connectivity index (χ0v) is 18.4. The van der Waals surface area contributed by atoms with E-state index < -0.39 is 60.1 Å². The highest BCUT2D eigenvalue weighted by atomic mass is 16.4. The second-order valence-electron chi connectivity index (χ2n) is 8.25. The van der Waals surface area contributed by atoms with Gasteiger partial charge in [0.2, 0.25) is 17.7 Å². The molecule has 11 nitrogen and oxygen atoms in total. The molecule has 0 saturated carbocycles. The molecule has 0 aliphatic heterocycles. The van der Waals surface area contributed by atoms with Crippen molar-refractivity contribution in [2.24, 2.45) is 17.6 Å². The van der Waals surface area contributed by atoms with Crippen molar-refractivity contribution in [1.29, 1.82) is 0 Å². The first-order valence-electron chi connectivity index (χ1n) is 9.94. The predicted octanol–water partition coefficient (Wildman–Crippen LogP) is -1.68. The second kappa shape index (κ2) is 12.5. The summed E-state index contributed by atoms with van der Waals surface area (Å²) in [4.78, 5) is 48.7. The van der Waals surface area contributed by atoms with Crippen LogP contribution in [-0.4, -0.2) is 75.4 Å². The molecule has 0 aromatic heterocycles. The van der Waals surface area contributed by atoms with Gasteiger partial charge in [0.1, 0.15) is 12.1 Å². The van der Waals surface area contributed by atoms with Gasteiger partial charge in [0.15, 0.2) is 6.04 Å². The summed E-state index contributed by atoms with van der Waals surface area (Å²) in [5.41, 5.74) is 5.82. The molecule has 174 valence electrons. The summed E-state index contributed by atoms with van der Waals surface area (Å²) in [7, 11) is 0. The van der Waals surface area contributed by atoms with Crippen LogP contribution in [-0.2, 0) is 19.2 Å². The maximum atomic E-state index is 12.8. The van der Waals surface area contributed by atoms with E-state index >= 15 is 0 Å². The molecule has 30 heavy (non-hydrogen) atoms. The molecule has 0 fully saturated rings. The van der Waals surface area contributed by atoms with Crippen molar-refractivity contribution in [3.05, 3.63) is 0 Å². The number of carboxylic acid groups (broad SMARTS) is 1. The van der Waals surface area contributed by atoms with Crippen LogP contribution in [0.15, 0.2) is 0 Å². The van der Waals surface area contributed by atoms with Crippen LogP contribution in [0.5, 0.6) is 0 Å². The Bertz CT molecular complexity index is 608. The second-order valence-corrected chi connectivity index (χ2v) is 8.25. The minimum absolute atomic E-state index is 0.0155. The van der Waals surface area contributed by atoms with Crippen LogP contribution in [0.2, 0.25) is 0 Å². The zero-order chi connectivity index (χ0) is 23.8. The monoisotopic (exact) mass is 432 g/mol. The van der Waals surface area contributed by atoms with Gasteiger partial charge in [-0.25, -0.2) is 4.79 Å². The van der Waals surface area contributed by atoms with Crippen LogP contribution in [0.25, 0.3) is 0 Å². The summed E-state index contributed by atoms with van der Waals surface area (Å²) < 4.78 is 0. The van der Waals surface area contributed by atoms with Crippen molar-refractivity contribution in [2.45, 2.75) is 84.3 Å².